The van der Waals surface area contributed by atoms with Gasteiger partial charge in [0.2, 0.25) is 11.6 Å². The predicted octanol–water partition coefficient (Wildman–Crippen LogP) is -0.426. The van der Waals surface area contributed by atoms with Gasteiger partial charge in [0.1, 0.15) is 5.78 Å². The van der Waals surface area contributed by atoms with Gasteiger partial charge in [-0.1, -0.05) is 5.21 Å². The van der Waals surface area contributed by atoms with Crippen LogP contribution in [-0.4, -0.2) is 61.7 Å². The number of nitrogens with zero attached hydrogens (tertiary/aromatic N) is 6. The van der Waals surface area contributed by atoms with Crippen molar-refractivity contribution in [3.05, 3.63) is 11.4 Å². The van der Waals surface area contributed by atoms with E-state index in [0.29, 0.717) is 38.2 Å². The van der Waals surface area contributed by atoms with Gasteiger partial charge >= 0.3 is 5.97 Å². The first-order chi connectivity index (χ1) is 11.6. The molecule has 1 aliphatic rings. The number of nitrogen functional groups attached to an aromatic ring is 1. The highest BCUT2D eigenvalue weighted by Gasteiger charge is 2.27. The van der Waals surface area contributed by atoms with Gasteiger partial charge in [0.25, 0.3) is 0 Å². The molecule has 0 unspecified atom stereocenters. The number of ether oxygens (including phenoxy) is 1. The van der Waals surface area contributed by atoms with Crippen LogP contribution >= 0.6 is 0 Å². The molecule has 0 amide bonds. The SMILES string of the molecule is CCOC(=O)c1nnn(-c2nonc2N)c1CN1CCC(=O)CC1. The van der Waals surface area contributed by atoms with Crippen molar-refractivity contribution < 1.29 is 19.0 Å². The average molecular weight is 335 g/mol. The van der Waals surface area contributed by atoms with Crippen LogP contribution in [0.15, 0.2) is 4.63 Å². The van der Waals surface area contributed by atoms with E-state index in [1.165, 1.54) is 4.68 Å². The molecule has 11 heteroatoms. The molecule has 1 aliphatic heterocycles. The van der Waals surface area contributed by atoms with E-state index >= 15 is 0 Å². The number of carbonyl (C=O) groups excluding carboxylic acids is 2. The Balaban J connectivity index is 1.93. The zero-order chi connectivity index (χ0) is 17.1. The van der Waals surface area contributed by atoms with E-state index in [4.69, 9.17) is 10.5 Å². The summed E-state index contributed by atoms with van der Waals surface area (Å²) in [7, 11) is 0. The van der Waals surface area contributed by atoms with Crippen molar-refractivity contribution in [1.29, 1.82) is 0 Å². The number of nitrogens with two attached hydrogens (primary N) is 1. The average Bonchev–Trinajstić information content (AvgIpc) is 3.16. The minimum atomic E-state index is -0.582. The van der Waals surface area contributed by atoms with Crippen molar-refractivity contribution in [2.45, 2.75) is 26.3 Å². The van der Waals surface area contributed by atoms with Crippen LogP contribution in [0.4, 0.5) is 5.82 Å². The van der Waals surface area contributed by atoms with Gasteiger partial charge in [0, 0.05) is 32.5 Å². The van der Waals surface area contributed by atoms with E-state index in [-0.39, 0.29) is 29.7 Å². The van der Waals surface area contributed by atoms with Crippen LogP contribution in [0.3, 0.4) is 0 Å². The summed E-state index contributed by atoms with van der Waals surface area (Å²) in [6, 6.07) is 0. The van der Waals surface area contributed by atoms with Crippen LogP contribution in [0.1, 0.15) is 35.9 Å². The van der Waals surface area contributed by atoms with Crippen LogP contribution in [-0.2, 0) is 16.1 Å². The Morgan fingerprint density at radius 1 is 1.33 bits per heavy atom. The lowest BCUT2D eigenvalue weighted by atomic mass is 10.1. The molecule has 2 aromatic rings. The van der Waals surface area contributed by atoms with Crippen LogP contribution in [0.5, 0.6) is 0 Å². The second-order valence-corrected chi connectivity index (χ2v) is 5.30. The van der Waals surface area contributed by atoms with Gasteiger partial charge < -0.3 is 10.5 Å². The van der Waals surface area contributed by atoms with Gasteiger partial charge in [-0.3, -0.25) is 9.69 Å². The zero-order valence-electron chi connectivity index (χ0n) is 13.1. The van der Waals surface area contributed by atoms with Crippen LogP contribution < -0.4 is 5.73 Å². The lowest BCUT2D eigenvalue weighted by Gasteiger charge is -2.25. The first-order valence-corrected chi connectivity index (χ1v) is 7.54. The number of rotatable bonds is 5. The molecule has 24 heavy (non-hydrogen) atoms. The van der Waals surface area contributed by atoms with Crippen LogP contribution in [0.2, 0.25) is 0 Å². The number of esters is 1. The van der Waals surface area contributed by atoms with Crippen molar-refractivity contribution in [3.63, 3.8) is 0 Å². The Bertz CT molecular complexity index is 743. The Morgan fingerprint density at radius 3 is 2.71 bits per heavy atom. The van der Waals surface area contributed by atoms with Crippen molar-refractivity contribution >= 4 is 17.6 Å². The number of Topliss-reactive ketones (excluding diaryl/α,β-unsaturated/α-hetero) is 1. The molecule has 3 heterocycles. The second-order valence-electron chi connectivity index (χ2n) is 5.30. The fourth-order valence-corrected chi connectivity index (χ4v) is 2.48. The highest BCUT2D eigenvalue weighted by atomic mass is 16.6. The van der Waals surface area contributed by atoms with Crippen molar-refractivity contribution in [1.82, 2.24) is 30.2 Å². The number of likely N-dealkylation sites (tertiary alicyclic amines) is 1. The maximum Gasteiger partial charge on any atom is 0.360 e. The predicted molar refractivity (Wildman–Crippen MR) is 79.1 cm³/mol. The molecular formula is C13H17N7O4. The Hall–Kier alpha value is -2.82. The quantitative estimate of drug-likeness (QED) is 0.715. The Labute approximate surface area is 136 Å². The molecule has 1 fully saturated rings. The highest BCUT2D eigenvalue weighted by Crippen LogP contribution is 2.19. The summed E-state index contributed by atoms with van der Waals surface area (Å²) in [6.07, 6.45) is 0.952. The van der Waals surface area contributed by atoms with E-state index in [0.717, 1.165) is 0 Å². The van der Waals surface area contributed by atoms with Gasteiger partial charge in [-0.15, -0.1) is 5.10 Å². The molecule has 2 aromatic heterocycles. The number of aromatic nitrogens is 5. The first-order valence-electron chi connectivity index (χ1n) is 7.54. The summed E-state index contributed by atoms with van der Waals surface area (Å²) < 4.78 is 10.9. The molecule has 1 saturated heterocycles. The molecule has 3 rings (SSSR count). The van der Waals surface area contributed by atoms with Gasteiger partial charge in [-0.25, -0.2) is 9.42 Å². The summed E-state index contributed by atoms with van der Waals surface area (Å²) >= 11 is 0. The molecule has 2 N–H and O–H groups in total. The highest BCUT2D eigenvalue weighted by molar-refractivity contribution is 5.88. The summed E-state index contributed by atoms with van der Waals surface area (Å²) in [4.78, 5) is 25.5. The number of hydrogen-bond donors (Lipinski definition) is 1. The molecule has 0 radical (unpaired) electrons. The lowest BCUT2D eigenvalue weighted by Crippen LogP contribution is -2.34. The maximum atomic E-state index is 12.1. The fraction of sp³-hybridized carbons (Fsp3) is 0.538. The third-order valence-corrected chi connectivity index (χ3v) is 3.72. The number of hydrogen-bond acceptors (Lipinski definition) is 10. The van der Waals surface area contributed by atoms with E-state index in [2.05, 4.69) is 25.3 Å². The van der Waals surface area contributed by atoms with E-state index in [9.17, 15) is 9.59 Å². The monoisotopic (exact) mass is 335 g/mol. The van der Waals surface area contributed by atoms with Gasteiger partial charge in [-0.05, 0) is 17.2 Å². The summed E-state index contributed by atoms with van der Waals surface area (Å²) in [6.45, 7) is 3.47. The van der Waals surface area contributed by atoms with Gasteiger partial charge in [-0.2, -0.15) is 4.68 Å². The summed E-state index contributed by atoms with van der Waals surface area (Å²) in [5.41, 5.74) is 6.25. The minimum absolute atomic E-state index is 0.0328. The summed E-state index contributed by atoms with van der Waals surface area (Å²) in [5, 5.41) is 15.0. The normalized spacial score (nSPS) is 15.6. The largest absolute Gasteiger partial charge is 0.461 e. The molecular weight excluding hydrogens is 318 g/mol. The van der Waals surface area contributed by atoms with Crippen LogP contribution in [0, 0.1) is 0 Å². The molecule has 0 spiro atoms. The third kappa shape index (κ3) is 3.11. The molecule has 0 bridgehead atoms. The van der Waals surface area contributed by atoms with Crippen molar-refractivity contribution in [2.24, 2.45) is 0 Å². The van der Waals surface area contributed by atoms with Gasteiger partial charge in [0.05, 0.1) is 12.3 Å². The fourth-order valence-electron chi connectivity index (χ4n) is 2.48. The van der Waals surface area contributed by atoms with Crippen molar-refractivity contribution in [2.75, 3.05) is 25.4 Å². The lowest BCUT2D eigenvalue weighted by molar-refractivity contribution is -0.121. The molecule has 11 nitrogen and oxygen atoms in total. The standard InChI is InChI=1S/C13H17N7O4/c1-2-23-13(22)10-9(7-19-5-3-8(21)4-6-19)20(18-15-10)12-11(14)16-24-17-12/h2-7H2,1H3,(H2,14,16). The molecule has 0 saturated carbocycles. The van der Waals surface area contributed by atoms with E-state index < -0.39 is 5.97 Å². The first kappa shape index (κ1) is 16.1. The van der Waals surface area contributed by atoms with Gasteiger partial charge in [0.15, 0.2) is 5.69 Å². The van der Waals surface area contributed by atoms with E-state index in [1.807, 2.05) is 4.90 Å². The number of piperidine rings is 1. The number of ketones is 1. The maximum absolute atomic E-state index is 12.1. The molecule has 0 aromatic carbocycles. The smallest absolute Gasteiger partial charge is 0.360 e. The second kappa shape index (κ2) is 6.74. The van der Waals surface area contributed by atoms with Crippen LogP contribution in [0.25, 0.3) is 5.82 Å². The Morgan fingerprint density at radius 2 is 2.08 bits per heavy atom. The number of anilines is 1. The molecule has 128 valence electrons. The molecule has 0 atom stereocenters. The summed E-state index contributed by atoms with van der Waals surface area (Å²) in [5.74, 6) is -0.165. The number of carbonyl (C=O) groups is 2. The zero-order valence-corrected chi connectivity index (χ0v) is 13.1. The van der Waals surface area contributed by atoms with Crippen molar-refractivity contribution in [3.8, 4) is 5.82 Å². The van der Waals surface area contributed by atoms with E-state index in [1.54, 1.807) is 6.92 Å². The minimum Gasteiger partial charge on any atom is -0.461 e. The Kier molecular flexibility index (Phi) is 4.51. The topological polar surface area (TPSA) is 142 Å². The molecule has 0 aliphatic carbocycles. The third-order valence-electron chi connectivity index (χ3n) is 3.72.